The zero-order valence-corrected chi connectivity index (χ0v) is 10.8. The summed E-state index contributed by atoms with van der Waals surface area (Å²) in [5.41, 5.74) is 0. The van der Waals surface area contributed by atoms with Crippen LogP contribution in [0.2, 0.25) is 0 Å². The average molecular weight is 240 g/mol. The molecule has 2 fully saturated rings. The fourth-order valence-corrected chi connectivity index (χ4v) is 2.54. The Labute approximate surface area is 104 Å². The molecule has 0 bridgehead atoms. The topological polar surface area (TPSA) is 41.6 Å². The van der Waals surface area contributed by atoms with E-state index in [9.17, 15) is 4.79 Å². The van der Waals surface area contributed by atoms with E-state index in [0.29, 0.717) is 6.04 Å². The molecule has 4 nitrogen and oxygen atoms in total. The van der Waals surface area contributed by atoms with Gasteiger partial charge in [-0.1, -0.05) is 0 Å². The van der Waals surface area contributed by atoms with Crippen LogP contribution in [0, 0.1) is 0 Å². The number of nitrogens with zero attached hydrogens (tertiary/aromatic N) is 1. The van der Waals surface area contributed by atoms with E-state index in [2.05, 4.69) is 12.2 Å². The van der Waals surface area contributed by atoms with Gasteiger partial charge in [0.2, 0.25) is 5.91 Å². The Bertz CT molecular complexity index is 244. The van der Waals surface area contributed by atoms with Crippen molar-refractivity contribution in [2.75, 3.05) is 26.2 Å². The first-order valence-electron chi connectivity index (χ1n) is 6.88. The molecule has 2 aliphatic rings. The highest BCUT2D eigenvalue weighted by Crippen LogP contribution is 2.12. The molecule has 98 valence electrons. The normalized spacial score (nSPS) is 30.3. The first-order valence-corrected chi connectivity index (χ1v) is 6.88. The Hall–Kier alpha value is -0.610. The molecular formula is C13H24N2O2. The fraction of sp³-hybridized carbons (Fsp3) is 0.923. The summed E-state index contributed by atoms with van der Waals surface area (Å²) in [6.07, 6.45) is 5.99. The number of ether oxygens (including phenoxy) is 1. The summed E-state index contributed by atoms with van der Waals surface area (Å²) in [6.45, 7) is 5.18. The smallest absolute Gasteiger partial charge is 0.248 e. The Balaban J connectivity index is 1.65. The monoisotopic (exact) mass is 240 g/mol. The van der Waals surface area contributed by atoms with Gasteiger partial charge in [-0.15, -0.1) is 0 Å². The zero-order valence-electron chi connectivity index (χ0n) is 10.8. The van der Waals surface area contributed by atoms with Crippen LogP contribution < -0.4 is 5.32 Å². The lowest BCUT2D eigenvalue weighted by Crippen LogP contribution is -2.43. The van der Waals surface area contributed by atoms with E-state index in [-0.39, 0.29) is 18.6 Å². The van der Waals surface area contributed by atoms with Crippen LogP contribution >= 0.6 is 0 Å². The van der Waals surface area contributed by atoms with Crippen molar-refractivity contribution in [2.24, 2.45) is 0 Å². The van der Waals surface area contributed by atoms with Gasteiger partial charge >= 0.3 is 0 Å². The largest absolute Gasteiger partial charge is 0.367 e. The number of piperidine rings is 2. The Morgan fingerprint density at radius 2 is 2.06 bits per heavy atom. The lowest BCUT2D eigenvalue weighted by Gasteiger charge is -2.30. The van der Waals surface area contributed by atoms with E-state index in [0.717, 1.165) is 45.3 Å². The van der Waals surface area contributed by atoms with Crippen molar-refractivity contribution < 1.29 is 9.53 Å². The first-order chi connectivity index (χ1) is 8.25. The van der Waals surface area contributed by atoms with Crippen LogP contribution in [0.25, 0.3) is 0 Å². The molecule has 0 radical (unpaired) electrons. The molecule has 0 aromatic rings. The summed E-state index contributed by atoms with van der Waals surface area (Å²) >= 11 is 0. The summed E-state index contributed by atoms with van der Waals surface area (Å²) < 4.78 is 5.69. The van der Waals surface area contributed by atoms with Crippen LogP contribution in [0.4, 0.5) is 0 Å². The van der Waals surface area contributed by atoms with Gasteiger partial charge in [0.1, 0.15) is 6.61 Å². The van der Waals surface area contributed by atoms with Crippen molar-refractivity contribution in [3.8, 4) is 0 Å². The Kier molecular flexibility index (Phi) is 4.80. The molecule has 0 aromatic carbocycles. The standard InChI is InChI=1S/C13H24N2O2/c1-11-5-6-12(9-14-11)17-10-13(16)15-7-3-2-4-8-15/h11-12,14H,2-10H2,1H3. The number of rotatable bonds is 3. The molecule has 17 heavy (non-hydrogen) atoms. The SMILES string of the molecule is CC1CCC(OCC(=O)N2CCCCC2)CN1. The van der Waals surface area contributed by atoms with Crippen LogP contribution in [0.5, 0.6) is 0 Å². The molecule has 0 spiro atoms. The van der Waals surface area contributed by atoms with Crippen molar-refractivity contribution in [1.82, 2.24) is 10.2 Å². The maximum atomic E-state index is 11.9. The third-order valence-electron chi connectivity index (χ3n) is 3.77. The van der Waals surface area contributed by atoms with Crippen molar-refractivity contribution >= 4 is 5.91 Å². The summed E-state index contributed by atoms with van der Waals surface area (Å²) in [7, 11) is 0. The second-order valence-electron chi connectivity index (χ2n) is 5.26. The minimum absolute atomic E-state index is 0.170. The zero-order chi connectivity index (χ0) is 12.1. The van der Waals surface area contributed by atoms with Crippen LogP contribution in [0.3, 0.4) is 0 Å². The molecule has 1 N–H and O–H groups in total. The summed E-state index contributed by atoms with van der Waals surface area (Å²) in [6, 6.07) is 0.590. The molecule has 0 saturated carbocycles. The number of hydrogen-bond acceptors (Lipinski definition) is 3. The average Bonchev–Trinajstić information content (AvgIpc) is 2.39. The van der Waals surface area contributed by atoms with Gasteiger partial charge in [0.25, 0.3) is 0 Å². The number of carbonyl (C=O) groups is 1. The lowest BCUT2D eigenvalue weighted by atomic mass is 10.0. The van der Waals surface area contributed by atoms with E-state index >= 15 is 0 Å². The molecule has 2 saturated heterocycles. The van der Waals surface area contributed by atoms with Gasteiger partial charge in [-0.25, -0.2) is 0 Å². The van der Waals surface area contributed by atoms with Crippen molar-refractivity contribution in [1.29, 1.82) is 0 Å². The number of amides is 1. The minimum Gasteiger partial charge on any atom is -0.367 e. The number of nitrogens with one attached hydrogen (secondary N) is 1. The highest BCUT2D eigenvalue weighted by atomic mass is 16.5. The van der Waals surface area contributed by atoms with Crippen LogP contribution in [0.15, 0.2) is 0 Å². The second kappa shape index (κ2) is 6.36. The second-order valence-corrected chi connectivity index (χ2v) is 5.26. The van der Waals surface area contributed by atoms with Crippen LogP contribution in [-0.2, 0) is 9.53 Å². The molecule has 2 atom stereocenters. The number of likely N-dealkylation sites (tertiary alicyclic amines) is 1. The molecule has 4 heteroatoms. The van der Waals surface area contributed by atoms with Gasteiger partial charge in [-0.05, 0) is 39.0 Å². The molecule has 1 amide bonds. The minimum atomic E-state index is 0.170. The lowest BCUT2D eigenvalue weighted by molar-refractivity contribution is -0.139. The van der Waals surface area contributed by atoms with E-state index in [1.54, 1.807) is 0 Å². The molecule has 2 rings (SSSR count). The summed E-state index contributed by atoms with van der Waals surface area (Å²) in [5, 5.41) is 3.39. The van der Waals surface area contributed by atoms with Gasteiger partial charge in [-0.2, -0.15) is 0 Å². The van der Waals surface area contributed by atoms with Gasteiger partial charge in [0.15, 0.2) is 0 Å². The van der Waals surface area contributed by atoms with Gasteiger partial charge in [-0.3, -0.25) is 4.79 Å². The van der Waals surface area contributed by atoms with Crippen LogP contribution in [-0.4, -0.2) is 49.2 Å². The molecular weight excluding hydrogens is 216 g/mol. The highest BCUT2D eigenvalue weighted by molar-refractivity contribution is 5.77. The summed E-state index contributed by atoms with van der Waals surface area (Å²) in [4.78, 5) is 13.8. The Morgan fingerprint density at radius 3 is 2.71 bits per heavy atom. The number of hydrogen-bond donors (Lipinski definition) is 1. The van der Waals surface area contributed by atoms with Crippen molar-refractivity contribution in [3.63, 3.8) is 0 Å². The molecule has 0 aliphatic carbocycles. The third-order valence-corrected chi connectivity index (χ3v) is 3.77. The Morgan fingerprint density at radius 1 is 1.29 bits per heavy atom. The van der Waals surface area contributed by atoms with Crippen molar-refractivity contribution in [2.45, 2.75) is 51.2 Å². The first kappa shape index (κ1) is 12.8. The van der Waals surface area contributed by atoms with E-state index in [1.807, 2.05) is 4.90 Å². The maximum absolute atomic E-state index is 11.9. The number of carbonyl (C=O) groups excluding carboxylic acids is 1. The molecule has 2 unspecified atom stereocenters. The van der Waals surface area contributed by atoms with Gasteiger partial charge in [0.05, 0.1) is 6.10 Å². The van der Waals surface area contributed by atoms with E-state index in [1.165, 1.54) is 6.42 Å². The predicted octanol–water partition coefficient (Wildman–Crippen LogP) is 1.16. The fourth-order valence-electron chi connectivity index (χ4n) is 2.54. The molecule has 2 aliphatic heterocycles. The quantitative estimate of drug-likeness (QED) is 0.805. The predicted molar refractivity (Wildman–Crippen MR) is 66.9 cm³/mol. The summed E-state index contributed by atoms with van der Waals surface area (Å²) in [5.74, 6) is 0.170. The van der Waals surface area contributed by atoms with Crippen LogP contribution in [0.1, 0.15) is 39.0 Å². The van der Waals surface area contributed by atoms with Gasteiger partial charge < -0.3 is 15.0 Å². The van der Waals surface area contributed by atoms with E-state index < -0.39 is 0 Å². The van der Waals surface area contributed by atoms with Gasteiger partial charge in [0, 0.05) is 25.7 Å². The maximum Gasteiger partial charge on any atom is 0.248 e. The van der Waals surface area contributed by atoms with E-state index in [4.69, 9.17) is 4.74 Å². The van der Waals surface area contributed by atoms with Crippen molar-refractivity contribution in [3.05, 3.63) is 0 Å². The molecule has 0 aromatic heterocycles. The highest BCUT2D eigenvalue weighted by Gasteiger charge is 2.21. The molecule has 2 heterocycles. The third kappa shape index (κ3) is 3.96.